The quantitative estimate of drug-likeness (QED) is 0.0495. The minimum atomic E-state index is -2.91. The van der Waals surface area contributed by atoms with E-state index >= 15 is 0 Å². The molecule has 0 aromatic rings. The molecule has 5 unspecified atom stereocenters. The van der Waals surface area contributed by atoms with Crippen molar-refractivity contribution in [1.82, 2.24) is 0 Å². The summed E-state index contributed by atoms with van der Waals surface area (Å²) in [6.07, 6.45) is -9.59. The minimum Gasteiger partial charge on any atom is -0.414 e. The van der Waals surface area contributed by atoms with Gasteiger partial charge in [-0.05, 0) is 88.7 Å². The number of hydrogen-bond donors (Lipinski definition) is 7. The van der Waals surface area contributed by atoms with Crippen LogP contribution in [0.2, 0.25) is 88.7 Å². The van der Waals surface area contributed by atoms with Crippen LogP contribution in [0.3, 0.4) is 0 Å². The zero-order valence-electron chi connectivity index (χ0n) is 80.4. The Kier molecular flexibility index (Phi) is 42.4. The van der Waals surface area contributed by atoms with Crippen LogP contribution in [-0.2, 0) is 85.1 Å². The van der Waals surface area contributed by atoms with Crippen molar-refractivity contribution in [2.75, 3.05) is 39.6 Å². The van der Waals surface area contributed by atoms with Crippen LogP contribution in [0.5, 0.6) is 0 Å². The predicted octanol–water partition coefficient (Wildman–Crippen LogP) is 9.64. The number of ether oxygens (including phenoxy) is 6. The van der Waals surface area contributed by atoms with Crippen molar-refractivity contribution in [3.63, 3.8) is 0 Å². The van der Waals surface area contributed by atoms with Gasteiger partial charge in [-0.15, -0.1) is 0 Å². The zero-order chi connectivity index (χ0) is 95.1. The molecule has 10 rings (SSSR count). The molecule has 0 amide bonds. The van der Waals surface area contributed by atoms with Gasteiger partial charge in [0.05, 0.1) is 100 Å². The Labute approximate surface area is 760 Å². The minimum absolute atomic E-state index is 0.101. The lowest BCUT2D eigenvalue weighted by atomic mass is 9.81. The Hall–Kier alpha value is -0.735. The van der Waals surface area contributed by atoms with Crippen molar-refractivity contribution in [2.45, 2.75) is 437 Å². The van der Waals surface area contributed by atoms with E-state index in [1.54, 1.807) is 0 Å². The third-order valence-corrected chi connectivity index (χ3v) is 67.5. The second-order valence-electron chi connectivity index (χ2n) is 39.9. The zero-order valence-corrected chi connectivity index (χ0v) is 88.4. The van der Waals surface area contributed by atoms with E-state index in [-0.39, 0.29) is 126 Å². The number of aliphatic hydroxyl groups is 7. The average molecular weight is 1870 g/mol. The van der Waals surface area contributed by atoms with E-state index in [9.17, 15) is 30.6 Å². The number of aliphatic hydroxyl groups excluding tert-OH is 6. The smallest absolute Gasteiger partial charge is 0.335 e. The number of nitrogens with zero attached hydrogens (tertiary/aromatic N) is 3. The van der Waals surface area contributed by atoms with Gasteiger partial charge in [0, 0.05) is 24.0 Å². The molecule has 0 saturated carbocycles. The summed E-state index contributed by atoms with van der Waals surface area (Å²) in [5.74, 6) is -1.42. The van der Waals surface area contributed by atoms with Crippen LogP contribution in [0.15, 0.2) is 0 Å². The molecule has 0 bridgehead atoms. The molecule has 698 valence electrons. The van der Waals surface area contributed by atoms with Gasteiger partial charge in [0.1, 0.15) is 114 Å². The fraction of sp³-hybridized carbons (Fsp3) is 0.951. The Balaban J connectivity index is 0.000000272. The van der Waals surface area contributed by atoms with E-state index in [1.165, 1.54) is 0 Å². The Bertz CT molecular complexity index is 3390. The largest absolute Gasteiger partial charge is 0.414 e. The van der Waals surface area contributed by atoms with Crippen LogP contribution >= 0.6 is 0 Å². The van der Waals surface area contributed by atoms with Crippen molar-refractivity contribution >= 4 is 121 Å². The lowest BCUT2D eigenvalue weighted by molar-refractivity contribution is -0.125. The molecule has 10 fully saturated rings. The molecule has 10 saturated heterocycles. The van der Waals surface area contributed by atoms with Crippen LogP contribution < -0.4 is 0 Å². The molecule has 12 radical (unpaired) electrons. The first kappa shape index (κ1) is 114. The van der Waals surface area contributed by atoms with Crippen molar-refractivity contribution in [3.05, 3.63) is 0 Å². The lowest BCUT2D eigenvalue weighted by Gasteiger charge is -2.51. The summed E-state index contributed by atoms with van der Waals surface area (Å²) in [6, 6.07) is 0.908. The van der Waals surface area contributed by atoms with Gasteiger partial charge < -0.3 is 116 Å². The molecule has 0 aromatic carbocycles. The summed E-state index contributed by atoms with van der Waals surface area (Å²) in [7, 11) is 12.9. The first-order valence-corrected chi connectivity index (χ1v) is 60.9. The van der Waals surface area contributed by atoms with Crippen molar-refractivity contribution < 1.29 is 121 Å². The van der Waals surface area contributed by atoms with Crippen molar-refractivity contribution in [2.24, 2.45) is 11.8 Å². The van der Waals surface area contributed by atoms with Gasteiger partial charge in [0.15, 0.2) is 11.4 Å². The topological polar surface area (TPSA) is 396 Å². The molecular weight excluding hydrogens is 1720 g/mol. The molecule has 23 atom stereocenters. The molecule has 10 heterocycles. The highest BCUT2D eigenvalue weighted by atomic mass is 28.5. The molecule has 10 aliphatic rings. The van der Waals surface area contributed by atoms with Crippen molar-refractivity contribution in [3.8, 4) is 18.2 Å². The summed E-state index contributed by atoms with van der Waals surface area (Å²) < 4.78 is 114. The molecule has 43 heteroatoms. The number of carbonyl (C=O) groups is 1. The summed E-state index contributed by atoms with van der Waals surface area (Å²) in [4.78, 5) is 12.5. The summed E-state index contributed by atoms with van der Waals surface area (Å²) >= 11 is 0. The van der Waals surface area contributed by atoms with Gasteiger partial charge in [-0.1, -0.05) is 222 Å². The normalized spacial score (nSPS) is 36.3. The van der Waals surface area contributed by atoms with Crippen LogP contribution in [-0.4, -0.2) is 324 Å². The molecule has 0 aliphatic carbocycles. The maximum Gasteiger partial charge on any atom is 0.335 e. The van der Waals surface area contributed by atoms with Crippen molar-refractivity contribution in [1.29, 1.82) is 15.8 Å². The van der Waals surface area contributed by atoms with E-state index in [4.69, 9.17) is 153 Å². The van der Waals surface area contributed by atoms with Gasteiger partial charge >= 0.3 is 68.5 Å². The third kappa shape index (κ3) is 23.3. The molecule has 0 aromatic heterocycles. The molecule has 10 aliphatic heterocycles. The number of fused-ring (bicyclic) bond motifs is 4. The van der Waals surface area contributed by atoms with Crippen LogP contribution in [0, 0.1) is 45.8 Å². The summed E-state index contributed by atoms with van der Waals surface area (Å²) in [5, 5.41) is 93.5. The Morgan fingerprint density at radius 3 is 0.944 bits per heavy atom. The van der Waals surface area contributed by atoms with E-state index in [0.717, 1.165) is 0 Å². The molecule has 7 N–H and O–H groups in total. The summed E-state index contributed by atoms with van der Waals surface area (Å²) in [6.45, 7) is 69.4. The van der Waals surface area contributed by atoms with Crippen LogP contribution in [0.25, 0.3) is 0 Å². The predicted molar refractivity (Wildman–Crippen MR) is 494 cm³/mol. The maximum absolute atomic E-state index is 12.5. The van der Waals surface area contributed by atoms with E-state index < -0.39 is 195 Å². The lowest BCUT2D eigenvalue weighted by Crippen LogP contribution is -2.67. The van der Waals surface area contributed by atoms with E-state index in [0.29, 0.717) is 19.8 Å². The van der Waals surface area contributed by atoms with Gasteiger partial charge in [-0.25, -0.2) is 0 Å². The average Bonchev–Trinajstić information content (AvgIpc) is 1.49. The van der Waals surface area contributed by atoms with Crippen LogP contribution in [0.1, 0.15) is 222 Å². The van der Waals surface area contributed by atoms with Crippen LogP contribution in [0.4, 0.5) is 0 Å². The summed E-state index contributed by atoms with van der Waals surface area (Å²) in [5.41, 5.74) is 1.67. The second kappa shape index (κ2) is 46.2. The van der Waals surface area contributed by atoms with Gasteiger partial charge in [0.2, 0.25) is 0 Å². The molecule has 29 nitrogen and oxygen atoms in total. The molecule has 0 spiro atoms. The second-order valence-corrected chi connectivity index (χ2v) is 75.2. The van der Waals surface area contributed by atoms with E-state index in [2.05, 4.69) is 228 Å². The number of carbonyl (C=O) groups excluding carboxylic acids is 1. The van der Waals surface area contributed by atoms with Gasteiger partial charge in [-0.3, -0.25) is 4.79 Å². The number of nitriles is 3. The Morgan fingerprint density at radius 2 is 0.637 bits per heavy atom. The first-order chi connectivity index (χ1) is 57.2. The fourth-order valence-corrected chi connectivity index (χ4v) is 63.8. The number of Topliss-reactive ketones (excluding diaryl/α,β-unsaturated/α-hetero) is 1. The number of ketones is 1. The first-order valence-electron chi connectivity index (χ1n) is 45.1. The maximum atomic E-state index is 12.5. The highest BCUT2D eigenvalue weighted by molar-refractivity contribution is 6.86. The monoisotopic (exact) mass is 1870 g/mol. The van der Waals surface area contributed by atoms with Gasteiger partial charge in [0.25, 0.3) is 0 Å². The van der Waals surface area contributed by atoms with Gasteiger partial charge in [-0.2, -0.15) is 15.8 Å². The van der Waals surface area contributed by atoms with E-state index in [1.807, 2.05) is 12.1 Å². The molecular formula is C81H153B6N3O26Si8. The SMILES string of the molecule is [B][C@@H]1O[C@@H]2CO[Si](C(C)C)(C(C)C)O[Si](C(C)C)(C(C)C)O[C@@H]2C1(O)C#N.[B][C@@H]1O[C@@H]2CO[Si](C(C)C)(C(C)C)O[Si](C(C)C)(C(C)C)O[C@@H]2C1=O.[B][C@@H]1O[C@@H]2CO[Si](C(C)C)(C(C)C)O[Si](C(C)C)(C(C)C)O[C@@H]2C1C#N.[B][C@@H]1O[C@@H]2CO[Si](C(C)C)(C(C)C)O[Si](C(C)C)(C(C)C)O[C@@H]2C1O.[B][C@@H]1O[C@H](CO)[C@H](O)C1C#N.[B][C@@H]1O[C@H](CO)[C@H](O)C1O. The third-order valence-electron chi connectivity index (χ3n) is 26.5. The molecule has 124 heavy (non-hydrogen) atoms. The number of hydrogen-bond acceptors (Lipinski definition) is 29. The number of rotatable bonds is 18. The Morgan fingerprint density at radius 1 is 0.347 bits per heavy atom. The fourth-order valence-electron chi connectivity index (χ4n) is 19.0. The highest BCUT2D eigenvalue weighted by Crippen LogP contribution is 2.54. The standard InChI is InChI=1S/C18H34BNO5Si2.C18H34BNO4Si2.C17H35BO5Si2.C17H33BO5Si2.C6H8BNO3.C5H9BO4/c1-11(2)26(12(3)4)22-9-15-16(18(21,10-20)17(19)23-15)24-27(25-26,13(5)6)14(7)8;1-11(2)25(12(3)4)21-10-16-17(15(9-20)18(19)22-16)23-26(24-25,13(5)6)14(7)8;2*1-10(2)24(11(3)4)20-9-14-16(15(19)17(18)21-14)22-25(23-24,12(5)6)13(7)8;7-6-3(1-8)5(10)4(2-9)11-6;6-5-4(9)3(8)2(1-7)10-5/h11-17,21H,9H2,1-8H3;11-18H,10H2,1-8H3;10-17,19H,9H2,1-8H3;10-14,16-17H,9H2,1-8H3;3-6,9-10H,2H2;2-5,7-9H,1H2/t15-,16+,17-,18?;15?,16-,17-,18-;14-,15?,16+,17-;14-,16+,17-;3?,4-,5-,6-;2-,3+,4?,5-/m111111/s1. The highest BCUT2D eigenvalue weighted by Gasteiger charge is 2.68.